The third-order valence-corrected chi connectivity index (χ3v) is 2.86. The largest absolute Gasteiger partial charge is 0.477 e. The number of nitrogens with two attached hydrogens (primary N) is 1. The molecule has 0 bridgehead atoms. The van der Waals surface area contributed by atoms with E-state index < -0.39 is 11.7 Å². The van der Waals surface area contributed by atoms with Crippen molar-refractivity contribution >= 4 is 17.6 Å². The second-order valence-electron chi connectivity index (χ2n) is 3.96. The first-order chi connectivity index (χ1) is 9.02. The Morgan fingerprint density at radius 3 is 2.21 bits per heavy atom. The SMILES string of the molecule is NC(Oc1ccccc1)(C(=O)O)c1ccc(Cl)cc1. The summed E-state index contributed by atoms with van der Waals surface area (Å²) < 4.78 is 5.42. The summed E-state index contributed by atoms with van der Waals surface area (Å²) in [6.07, 6.45) is 0. The van der Waals surface area contributed by atoms with Crippen molar-refractivity contribution < 1.29 is 14.6 Å². The van der Waals surface area contributed by atoms with E-state index in [1.165, 1.54) is 12.1 Å². The lowest BCUT2D eigenvalue weighted by Crippen LogP contribution is -2.50. The third kappa shape index (κ3) is 2.86. The lowest BCUT2D eigenvalue weighted by molar-refractivity contribution is -0.156. The molecule has 19 heavy (non-hydrogen) atoms. The van der Waals surface area contributed by atoms with Crippen molar-refractivity contribution in [3.63, 3.8) is 0 Å². The van der Waals surface area contributed by atoms with Crippen molar-refractivity contribution in [2.75, 3.05) is 0 Å². The standard InChI is InChI=1S/C14H12ClNO3/c15-11-8-6-10(7-9-11)14(16,13(17)18)19-12-4-2-1-3-5-12/h1-9H,16H2,(H,17,18). The molecule has 0 fully saturated rings. The van der Waals surface area contributed by atoms with Gasteiger partial charge in [-0.3, -0.25) is 5.73 Å². The molecule has 98 valence electrons. The molecule has 2 aromatic rings. The van der Waals surface area contributed by atoms with Gasteiger partial charge in [-0.15, -0.1) is 0 Å². The Morgan fingerprint density at radius 1 is 1.11 bits per heavy atom. The normalized spacial score (nSPS) is 13.6. The summed E-state index contributed by atoms with van der Waals surface area (Å²) in [6, 6.07) is 14.7. The molecule has 0 amide bonds. The van der Waals surface area contributed by atoms with E-state index >= 15 is 0 Å². The Bertz CT molecular complexity index is 571. The topological polar surface area (TPSA) is 72.5 Å². The second-order valence-corrected chi connectivity index (χ2v) is 4.40. The predicted octanol–water partition coefficient (Wildman–Crippen LogP) is 2.62. The van der Waals surface area contributed by atoms with Crippen LogP contribution in [0.15, 0.2) is 54.6 Å². The van der Waals surface area contributed by atoms with E-state index in [1.54, 1.807) is 42.5 Å². The molecule has 2 aromatic carbocycles. The smallest absolute Gasteiger partial charge is 0.368 e. The Morgan fingerprint density at radius 2 is 1.68 bits per heavy atom. The van der Waals surface area contributed by atoms with Crippen LogP contribution in [0, 0.1) is 0 Å². The second kappa shape index (κ2) is 5.30. The fraction of sp³-hybridized carbons (Fsp3) is 0.0714. The van der Waals surface area contributed by atoms with E-state index in [2.05, 4.69) is 0 Å². The highest BCUT2D eigenvalue weighted by Crippen LogP contribution is 2.25. The molecule has 2 rings (SSSR count). The quantitative estimate of drug-likeness (QED) is 0.843. The summed E-state index contributed by atoms with van der Waals surface area (Å²) >= 11 is 5.77. The predicted molar refractivity (Wildman–Crippen MR) is 72.0 cm³/mol. The number of hydrogen-bond acceptors (Lipinski definition) is 3. The number of carboxylic acids is 1. The molecule has 0 aliphatic rings. The van der Waals surface area contributed by atoms with Gasteiger partial charge in [0.1, 0.15) is 5.75 Å². The number of para-hydroxylation sites is 1. The van der Waals surface area contributed by atoms with Crippen molar-refractivity contribution in [1.29, 1.82) is 0 Å². The van der Waals surface area contributed by atoms with Gasteiger partial charge in [-0.2, -0.15) is 0 Å². The molecular weight excluding hydrogens is 266 g/mol. The molecule has 0 aromatic heterocycles. The van der Waals surface area contributed by atoms with Gasteiger partial charge in [0.05, 0.1) is 0 Å². The highest BCUT2D eigenvalue weighted by molar-refractivity contribution is 6.30. The van der Waals surface area contributed by atoms with Crippen molar-refractivity contribution in [2.45, 2.75) is 5.72 Å². The molecule has 0 heterocycles. The molecule has 0 saturated carbocycles. The first-order valence-corrected chi connectivity index (χ1v) is 5.92. The number of aliphatic carboxylic acids is 1. The van der Waals surface area contributed by atoms with Gasteiger partial charge in [-0.05, 0) is 24.3 Å². The van der Waals surface area contributed by atoms with Crippen LogP contribution in [0.4, 0.5) is 0 Å². The van der Waals surface area contributed by atoms with Crippen molar-refractivity contribution in [3.8, 4) is 5.75 Å². The third-order valence-electron chi connectivity index (χ3n) is 2.61. The molecular formula is C14H12ClNO3. The summed E-state index contributed by atoms with van der Waals surface area (Å²) in [5.74, 6) is -0.902. The van der Waals surface area contributed by atoms with Crippen LogP contribution in [0.3, 0.4) is 0 Å². The minimum Gasteiger partial charge on any atom is -0.477 e. The van der Waals surface area contributed by atoms with Gasteiger partial charge in [0.25, 0.3) is 5.72 Å². The van der Waals surface area contributed by atoms with E-state index in [9.17, 15) is 9.90 Å². The minimum absolute atomic E-state index is 0.313. The first kappa shape index (κ1) is 13.4. The van der Waals surface area contributed by atoms with Crippen LogP contribution in [0.1, 0.15) is 5.56 Å². The van der Waals surface area contributed by atoms with Crippen LogP contribution in [0.25, 0.3) is 0 Å². The van der Waals surface area contributed by atoms with Gasteiger partial charge in [-0.1, -0.05) is 41.9 Å². The number of carboxylic acid groups (broad SMARTS) is 1. The Labute approximate surface area is 115 Å². The van der Waals surface area contributed by atoms with Crippen LogP contribution in [-0.4, -0.2) is 11.1 Å². The van der Waals surface area contributed by atoms with Crippen LogP contribution < -0.4 is 10.5 Å². The van der Waals surface area contributed by atoms with Crippen LogP contribution in [-0.2, 0) is 10.5 Å². The number of halogens is 1. The molecule has 4 nitrogen and oxygen atoms in total. The zero-order valence-corrected chi connectivity index (χ0v) is 10.7. The molecule has 5 heteroatoms. The Kier molecular flexibility index (Phi) is 3.74. The van der Waals surface area contributed by atoms with Gasteiger partial charge in [0.15, 0.2) is 0 Å². The van der Waals surface area contributed by atoms with E-state index in [4.69, 9.17) is 22.1 Å². The molecule has 0 radical (unpaired) electrons. The van der Waals surface area contributed by atoms with Crippen molar-refractivity contribution in [2.24, 2.45) is 5.73 Å². The molecule has 0 aliphatic carbocycles. The van der Waals surface area contributed by atoms with Gasteiger partial charge in [-0.25, -0.2) is 4.79 Å². The Hall–Kier alpha value is -2.04. The summed E-state index contributed by atoms with van der Waals surface area (Å²) in [5.41, 5.74) is 4.24. The lowest BCUT2D eigenvalue weighted by Gasteiger charge is -2.26. The summed E-state index contributed by atoms with van der Waals surface area (Å²) in [5, 5.41) is 9.83. The van der Waals surface area contributed by atoms with Gasteiger partial charge in [0, 0.05) is 10.6 Å². The van der Waals surface area contributed by atoms with Crippen LogP contribution in [0.2, 0.25) is 5.02 Å². The maximum atomic E-state index is 11.4. The first-order valence-electron chi connectivity index (χ1n) is 5.55. The van der Waals surface area contributed by atoms with E-state index in [0.29, 0.717) is 16.3 Å². The zero-order valence-electron chi connectivity index (χ0n) is 9.92. The monoisotopic (exact) mass is 277 g/mol. The maximum Gasteiger partial charge on any atom is 0.368 e. The maximum absolute atomic E-state index is 11.4. The number of rotatable bonds is 4. The number of benzene rings is 2. The number of carbonyl (C=O) groups is 1. The summed E-state index contributed by atoms with van der Waals surface area (Å²) in [7, 11) is 0. The average Bonchev–Trinajstić information content (AvgIpc) is 2.40. The van der Waals surface area contributed by atoms with E-state index in [-0.39, 0.29) is 0 Å². The van der Waals surface area contributed by atoms with Crippen molar-refractivity contribution in [3.05, 3.63) is 65.2 Å². The summed E-state index contributed by atoms with van der Waals surface area (Å²) in [6.45, 7) is 0. The molecule has 0 spiro atoms. The molecule has 3 N–H and O–H groups in total. The van der Waals surface area contributed by atoms with Gasteiger partial charge >= 0.3 is 5.97 Å². The van der Waals surface area contributed by atoms with Crippen molar-refractivity contribution in [1.82, 2.24) is 0 Å². The fourth-order valence-electron chi connectivity index (χ4n) is 1.60. The highest BCUT2D eigenvalue weighted by Gasteiger charge is 2.38. The van der Waals surface area contributed by atoms with E-state index in [1.807, 2.05) is 0 Å². The van der Waals surface area contributed by atoms with Gasteiger partial charge < -0.3 is 9.84 Å². The van der Waals surface area contributed by atoms with E-state index in [0.717, 1.165) is 0 Å². The lowest BCUT2D eigenvalue weighted by atomic mass is 10.0. The molecule has 0 aliphatic heterocycles. The minimum atomic E-state index is -1.95. The number of hydrogen-bond donors (Lipinski definition) is 2. The summed E-state index contributed by atoms with van der Waals surface area (Å²) in [4.78, 5) is 11.4. The average molecular weight is 278 g/mol. The Balaban J connectivity index is 2.38. The van der Waals surface area contributed by atoms with Crippen LogP contribution in [0.5, 0.6) is 5.75 Å². The number of ether oxygens (including phenoxy) is 1. The molecule has 0 saturated heterocycles. The molecule has 1 atom stereocenters. The highest BCUT2D eigenvalue weighted by atomic mass is 35.5. The fourth-order valence-corrected chi connectivity index (χ4v) is 1.72. The zero-order chi connectivity index (χ0) is 13.9. The molecule has 1 unspecified atom stereocenters. The van der Waals surface area contributed by atoms with Gasteiger partial charge in [0.2, 0.25) is 0 Å². The van der Waals surface area contributed by atoms with Crippen LogP contribution >= 0.6 is 11.6 Å².